The van der Waals surface area contributed by atoms with E-state index < -0.39 is 0 Å². The van der Waals surface area contributed by atoms with Crippen LogP contribution in [0.3, 0.4) is 0 Å². The van der Waals surface area contributed by atoms with Gasteiger partial charge in [-0.05, 0) is 56.8 Å². The maximum Gasteiger partial charge on any atom is 0.224 e. The summed E-state index contributed by atoms with van der Waals surface area (Å²) in [5.74, 6) is 0.897. The number of piperidine rings is 1. The number of ether oxygens (including phenoxy) is 1. The third-order valence-electron chi connectivity index (χ3n) is 7.80. The molecular weight excluding hydrogens is 328 g/mol. The van der Waals surface area contributed by atoms with E-state index >= 15 is 0 Å². The summed E-state index contributed by atoms with van der Waals surface area (Å²) in [6.45, 7) is 4.10. The molecule has 1 aromatic rings. The predicted molar refractivity (Wildman–Crippen MR) is 99.6 cm³/mol. The second-order valence-corrected chi connectivity index (χ2v) is 8.65. The van der Waals surface area contributed by atoms with Crippen LogP contribution in [0.15, 0.2) is 18.2 Å². The fourth-order valence-electron chi connectivity index (χ4n) is 7.07. The van der Waals surface area contributed by atoms with Gasteiger partial charge in [0.25, 0.3) is 0 Å². The van der Waals surface area contributed by atoms with Gasteiger partial charge in [-0.25, -0.2) is 0 Å². The number of benzene rings is 1. The highest BCUT2D eigenvalue weighted by molar-refractivity contribution is 5.98. The van der Waals surface area contributed by atoms with Gasteiger partial charge in [-0.1, -0.05) is 12.1 Å². The van der Waals surface area contributed by atoms with Crippen molar-refractivity contribution in [2.75, 3.05) is 31.7 Å². The Hall–Kier alpha value is -1.59. The molecule has 0 radical (unpaired) electrons. The van der Waals surface area contributed by atoms with E-state index in [1.165, 1.54) is 12.0 Å². The van der Waals surface area contributed by atoms with Crippen LogP contribution in [0, 0.1) is 5.41 Å². The van der Waals surface area contributed by atoms with Gasteiger partial charge in [-0.15, -0.1) is 0 Å². The number of aliphatic hydroxyl groups is 1. The summed E-state index contributed by atoms with van der Waals surface area (Å²) < 4.78 is 5.68. The van der Waals surface area contributed by atoms with Gasteiger partial charge in [0.2, 0.25) is 5.91 Å². The highest BCUT2D eigenvalue weighted by Crippen LogP contribution is 2.65. The highest BCUT2D eigenvalue weighted by Gasteiger charge is 2.69. The highest BCUT2D eigenvalue weighted by atomic mass is 16.5. The largest absolute Gasteiger partial charge is 0.495 e. The van der Waals surface area contributed by atoms with Crippen LogP contribution < -0.4 is 9.64 Å². The molecule has 4 unspecified atom stereocenters. The molecule has 0 bridgehead atoms. The standard InChI is InChI=1S/C21H28N2O3/c1-14(25)23-17-7-9-20(13-24)8-4-11-22-12-10-21(17,19(20)22)15-5-3-6-16(26-2)18(15)23/h3,5-6,17,19,24H,4,7-13H2,1-2H3. The number of fused-ring (bicyclic) bond motifs is 1. The van der Waals surface area contributed by atoms with Crippen LogP contribution in [0.2, 0.25) is 0 Å². The van der Waals surface area contributed by atoms with Crippen LogP contribution in [0.4, 0.5) is 5.69 Å². The van der Waals surface area contributed by atoms with E-state index in [9.17, 15) is 9.90 Å². The molecule has 1 N–H and O–H groups in total. The van der Waals surface area contributed by atoms with Crippen LogP contribution >= 0.6 is 0 Å². The lowest BCUT2D eigenvalue weighted by atomic mass is 9.53. The van der Waals surface area contributed by atoms with Crippen LogP contribution in [0.25, 0.3) is 0 Å². The Bertz CT molecular complexity index is 766. The number of carbonyl (C=O) groups is 1. The molecule has 4 atom stereocenters. The van der Waals surface area contributed by atoms with Crippen LogP contribution in [-0.4, -0.2) is 54.8 Å². The number of para-hydroxylation sites is 1. The van der Waals surface area contributed by atoms with E-state index in [1.54, 1.807) is 14.0 Å². The molecule has 1 spiro atoms. The maximum absolute atomic E-state index is 12.7. The molecule has 1 aliphatic carbocycles. The Morgan fingerprint density at radius 3 is 2.88 bits per heavy atom. The quantitative estimate of drug-likeness (QED) is 0.884. The summed E-state index contributed by atoms with van der Waals surface area (Å²) in [5.41, 5.74) is 2.15. The number of hydrogen-bond acceptors (Lipinski definition) is 4. The fourth-order valence-corrected chi connectivity index (χ4v) is 7.07. The first-order chi connectivity index (χ1) is 12.6. The SMILES string of the molecule is COc1cccc2c1N(C(C)=O)C1CCC3(CO)CCCN4CCC21C43. The first kappa shape index (κ1) is 16.6. The summed E-state index contributed by atoms with van der Waals surface area (Å²) in [4.78, 5) is 17.4. The lowest BCUT2D eigenvalue weighted by Gasteiger charge is -2.58. The van der Waals surface area contributed by atoms with E-state index in [4.69, 9.17) is 4.74 Å². The molecule has 5 nitrogen and oxygen atoms in total. The van der Waals surface area contributed by atoms with Crippen LogP contribution in [0.1, 0.15) is 44.6 Å². The average Bonchev–Trinajstić information content (AvgIpc) is 3.19. The van der Waals surface area contributed by atoms with Crippen molar-refractivity contribution in [1.82, 2.24) is 4.90 Å². The van der Waals surface area contributed by atoms with Crippen molar-refractivity contribution in [1.29, 1.82) is 0 Å². The molecule has 0 aromatic heterocycles. The van der Waals surface area contributed by atoms with Gasteiger partial charge in [0.15, 0.2) is 0 Å². The first-order valence-electron chi connectivity index (χ1n) is 9.91. The molecule has 1 saturated carbocycles. The molecule has 140 valence electrons. The summed E-state index contributed by atoms with van der Waals surface area (Å²) >= 11 is 0. The van der Waals surface area contributed by atoms with E-state index in [0.29, 0.717) is 6.04 Å². The molecule has 4 aliphatic rings. The zero-order chi connectivity index (χ0) is 18.1. The number of methoxy groups -OCH3 is 1. The molecule has 5 rings (SSSR count). The van der Waals surface area contributed by atoms with E-state index in [0.717, 1.165) is 50.2 Å². The second kappa shape index (κ2) is 5.46. The van der Waals surface area contributed by atoms with Gasteiger partial charge in [0.1, 0.15) is 5.75 Å². The Morgan fingerprint density at radius 2 is 2.15 bits per heavy atom. The zero-order valence-corrected chi connectivity index (χ0v) is 15.7. The Morgan fingerprint density at radius 1 is 1.31 bits per heavy atom. The zero-order valence-electron chi connectivity index (χ0n) is 15.7. The van der Waals surface area contributed by atoms with Crippen molar-refractivity contribution in [3.05, 3.63) is 23.8 Å². The van der Waals surface area contributed by atoms with E-state index in [2.05, 4.69) is 17.0 Å². The van der Waals surface area contributed by atoms with Gasteiger partial charge in [-0.2, -0.15) is 0 Å². The summed E-state index contributed by atoms with van der Waals surface area (Å²) in [6.07, 6.45) is 5.28. The third kappa shape index (κ3) is 1.76. The second-order valence-electron chi connectivity index (χ2n) is 8.65. The van der Waals surface area contributed by atoms with Gasteiger partial charge in [0, 0.05) is 29.8 Å². The Kier molecular flexibility index (Phi) is 3.48. The lowest BCUT2D eigenvalue weighted by Crippen LogP contribution is -2.66. The number of carbonyl (C=O) groups excluding carboxylic acids is 1. The first-order valence-corrected chi connectivity index (χ1v) is 9.91. The minimum atomic E-state index is -0.0725. The van der Waals surface area contributed by atoms with Gasteiger partial charge >= 0.3 is 0 Å². The molecule has 1 amide bonds. The molecule has 1 aromatic carbocycles. The van der Waals surface area contributed by atoms with Gasteiger partial charge < -0.3 is 14.7 Å². The lowest BCUT2D eigenvalue weighted by molar-refractivity contribution is -0.118. The minimum absolute atomic E-state index is 0.0294. The van der Waals surface area contributed by atoms with Crippen LogP contribution in [0.5, 0.6) is 5.75 Å². The molecule has 5 heteroatoms. The molecule has 3 aliphatic heterocycles. The number of nitrogens with zero attached hydrogens (tertiary/aromatic N) is 2. The number of anilines is 1. The molecule has 26 heavy (non-hydrogen) atoms. The van der Waals surface area contributed by atoms with Crippen molar-refractivity contribution >= 4 is 11.6 Å². The van der Waals surface area contributed by atoms with E-state index in [1.807, 2.05) is 11.0 Å². The topological polar surface area (TPSA) is 53.0 Å². The average molecular weight is 356 g/mol. The monoisotopic (exact) mass is 356 g/mol. The van der Waals surface area contributed by atoms with Crippen molar-refractivity contribution in [3.63, 3.8) is 0 Å². The normalized spacial score (nSPS) is 37.9. The van der Waals surface area contributed by atoms with E-state index in [-0.39, 0.29) is 29.4 Å². The Labute approximate surface area is 154 Å². The predicted octanol–water partition coefficient (Wildman–Crippen LogP) is 2.31. The number of hydrogen-bond donors (Lipinski definition) is 1. The van der Waals surface area contributed by atoms with Crippen molar-refractivity contribution in [2.24, 2.45) is 5.41 Å². The molecule has 3 fully saturated rings. The third-order valence-corrected chi connectivity index (χ3v) is 7.80. The van der Waals surface area contributed by atoms with Gasteiger partial charge in [-0.3, -0.25) is 9.69 Å². The summed E-state index contributed by atoms with van der Waals surface area (Å²) in [7, 11) is 1.69. The minimum Gasteiger partial charge on any atom is -0.495 e. The molecular formula is C21H28N2O3. The van der Waals surface area contributed by atoms with Gasteiger partial charge in [0.05, 0.1) is 19.4 Å². The molecule has 2 saturated heterocycles. The number of aliphatic hydroxyl groups excluding tert-OH is 1. The number of amides is 1. The van der Waals surface area contributed by atoms with Crippen LogP contribution in [-0.2, 0) is 10.2 Å². The summed E-state index contributed by atoms with van der Waals surface area (Å²) in [6, 6.07) is 6.74. The maximum atomic E-state index is 12.7. The molecule has 3 heterocycles. The fraction of sp³-hybridized carbons (Fsp3) is 0.667. The van der Waals surface area contributed by atoms with Crippen molar-refractivity contribution in [2.45, 2.75) is 56.5 Å². The summed E-state index contributed by atoms with van der Waals surface area (Å²) in [5, 5.41) is 10.4. The number of rotatable bonds is 2. The Balaban J connectivity index is 1.77. The smallest absolute Gasteiger partial charge is 0.224 e. The van der Waals surface area contributed by atoms with Crippen molar-refractivity contribution < 1.29 is 14.6 Å². The van der Waals surface area contributed by atoms with Crippen molar-refractivity contribution in [3.8, 4) is 5.75 Å².